The summed E-state index contributed by atoms with van der Waals surface area (Å²) in [4.78, 5) is 10.9. The van der Waals surface area contributed by atoms with Gasteiger partial charge in [-0.15, -0.1) is 0 Å². The van der Waals surface area contributed by atoms with Crippen molar-refractivity contribution in [2.45, 2.75) is 4.90 Å². The molecular weight excluding hydrogens is 425 g/mol. The lowest BCUT2D eigenvalue weighted by Crippen LogP contribution is -2.14. The molecule has 0 atom stereocenters. The zero-order chi connectivity index (χ0) is 20.3. The van der Waals surface area contributed by atoms with E-state index in [9.17, 15) is 13.2 Å². The van der Waals surface area contributed by atoms with Crippen LogP contribution in [-0.4, -0.2) is 19.5 Å². The minimum absolute atomic E-state index is 0.0462. The maximum Gasteiger partial charge on any atom is 0.337 e. The zero-order valence-corrected chi connectivity index (χ0v) is 16.4. The maximum atomic E-state index is 12.5. The first-order chi connectivity index (χ1) is 13.2. The van der Waals surface area contributed by atoms with Gasteiger partial charge in [0.1, 0.15) is 11.5 Å². The highest BCUT2D eigenvalue weighted by Crippen LogP contribution is 2.26. The summed E-state index contributed by atoms with van der Waals surface area (Å²) in [6.45, 7) is 0. The van der Waals surface area contributed by atoms with Gasteiger partial charge >= 0.3 is 5.97 Å². The predicted octanol–water partition coefficient (Wildman–Crippen LogP) is 5.28. The molecule has 2 N–H and O–H groups in total. The average molecular weight is 438 g/mol. The molecule has 0 saturated carbocycles. The smallest absolute Gasteiger partial charge is 0.337 e. The summed E-state index contributed by atoms with van der Waals surface area (Å²) < 4.78 is 33.0. The number of halogens is 2. The number of rotatable bonds is 6. The van der Waals surface area contributed by atoms with Gasteiger partial charge in [-0.3, -0.25) is 4.72 Å². The Morgan fingerprint density at radius 3 is 2.04 bits per heavy atom. The Labute approximate surface area is 171 Å². The van der Waals surface area contributed by atoms with E-state index in [1.807, 2.05) is 0 Å². The van der Waals surface area contributed by atoms with Gasteiger partial charge in [0.05, 0.1) is 15.5 Å². The van der Waals surface area contributed by atoms with Gasteiger partial charge in [-0.05, 0) is 66.7 Å². The second kappa shape index (κ2) is 8.10. The van der Waals surface area contributed by atoms with Crippen molar-refractivity contribution in [3.8, 4) is 11.5 Å². The Morgan fingerprint density at radius 2 is 1.46 bits per heavy atom. The van der Waals surface area contributed by atoms with Crippen LogP contribution in [0.1, 0.15) is 10.4 Å². The van der Waals surface area contributed by atoms with Crippen molar-refractivity contribution < 1.29 is 23.1 Å². The molecule has 0 radical (unpaired) electrons. The van der Waals surface area contributed by atoms with Crippen LogP contribution in [-0.2, 0) is 10.0 Å². The van der Waals surface area contributed by atoms with Crippen molar-refractivity contribution >= 4 is 44.9 Å². The van der Waals surface area contributed by atoms with E-state index in [1.165, 1.54) is 24.3 Å². The fraction of sp³-hybridized carbons (Fsp3) is 0. The van der Waals surface area contributed by atoms with E-state index in [0.29, 0.717) is 16.5 Å². The second-order valence-corrected chi connectivity index (χ2v) is 8.16. The molecule has 0 unspecified atom stereocenters. The number of aromatic carboxylic acids is 1. The molecule has 0 amide bonds. The van der Waals surface area contributed by atoms with Crippen LogP contribution in [0.2, 0.25) is 10.0 Å². The molecule has 3 rings (SSSR count). The first-order valence-corrected chi connectivity index (χ1v) is 10.1. The summed E-state index contributed by atoms with van der Waals surface area (Å²) in [6, 6.07) is 16.5. The lowest BCUT2D eigenvalue weighted by Gasteiger charge is -2.10. The van der Waals surface area contributed by atoms with Crippen LogP contribution >= 0.6 is 23.2 Å². The van der Waals surface area contributed by atoms with E-state index < -0.39 is 16.0 Å². The molecule has 3 aromatic rings. The van der Waals surface area contributed by atoms with Crippen LogP contribution in [0.4, 0.5) is 5.69 Å². The number of anilines is 1. The Hall–Kier alpha value is -2.74. The lowest BCUT2D eigenvalue weighted by molar-refractivity contribution is 0.0697. The lowest BCUT2D eigenvalue weighted by atomic mass is 10.2. The molecule has 0 fully saturated rings. The number of carbonyl (C=O) groups is 1. The highest BCUT2D eigenvalue weighted by atomic mass is 35.5. The number of nitrogens with one attached hydrogen (secondary N) is 1. The van der Waals surface area contributed by atoms with Crippen molar-refractivity contribution in [2.24, 2.45) is 0 Å². The van der Waals surface area contributed by atoms with E-state index in [1.54, 1.807) is 36.4 Å². The van der Waals surface area contributed by atoms with Gasteiger partial charge in [0.2, 0.25) is 0 Å². The van der Waals surface area contributed by atoms with Crippen molar-refractivity contribution in [1.29, 1.82) is 0 Å². The standard InChI is InChI=1S/C19H13Cl2NO5S/c20-12-1-5-14(6-2-12)27-15-7-3-13(4-8-15)22-28(25,26)16-9-10-18(21)17(11-16)19(23)24/h1-11,22H,(H,23,24). The van der Waals surface area contributed by atoms with Gasteiger partial charge in [-0.25, -0.2) is 13.2 Å². The molecule has 0 aliphatic heterocycles. The van der Waals surface area contributed by atoms with E-state index in [0.717, 1.165) is 6.07 Å². The van der Waals surface area contributed by atoms with Crippen molar-refractivity contribution in [1.82, 2.24) is 0 Å². The molecule has 0 aliphatic carbocycles. The predicted molar refractivity (Wildman–Crippen MR) is 107 cm³/mol. The third kappa shape index (κ3) is 4.75. The summed E-state index contributed by atoms with van der Waals surface area (Å²) >= 11 is 11.6. The van der Waals surface area contributed by atoms with Crippen molar-refractivity contribution in [3.63, 3.8) is 0 Å². The SMILES string of the molecule is O=C(O)c1cc(S(=O)(=O)Nc2ccc(Oc3ccc(Cl)cc3)cc2)ccc1Cl. The third-order valence-electron chi connectivity index (χ3n) is 3.63. The van der Waals surface area contributed by atoms with Crippen LogP contribution < -0.4 is 9.46 Å². The third-order valence-corrected chi connectivity index (χ3v) is 5.59. The molecule has 28 heavy (non-hydrogen) atoms. The number of carboxylic acid groups (broad SMARTS) is 1. The first kappa shape index (κ1) is 20.0. The molecule has 0 spiro atoms. The average Bonchev–Trinajstić information content (AvgIpc) is 2.65. The van der Waals surface area contributed by atoms with Crippen molar-refractivity contribution in [3.05, 3.63) is 82.3 Å². The minimum atomic E-state index is -3.99. The van der Waals surface area contributed by atoms with E-state index in [4.69, 9.17) is 33.0 Å². The molecule has 9 heteroatoms. The van der Waals surface area contributed by atoms with Crippen LogP contribution in [0.15, 0.2) is 71.6 Å². The molecule has 0 aromatic heterocycles. The fourth-order valence-corrected chi connectivity index (χ4v) is 3.69. The zero-order valence-electron chi connectivity index (χ0n) is 14.1. The molecule has 0 bridgehead atoms. The Bertz CT molecular complexity index is 1110. The van der Waals surface area contributed by atoms with Gasteiger partial charge in [0.25, 0.3) is 10.0 Å². The summed E-state index contributed by atoms with van der Waals surface area (Å²) in [5.74, 6) is -0.226. The molecule has 0 heterocycles. The van der Waals surface area contributed by atoms with Crippen LogP contribution in [0.5, 0.6) is 11.5 Å². The van der Waals surface area contributed by atoms with Crippen molar-refractivity contribution in [2.75, 3.05) is 4.72 Å². The number of ether oxygens (including phenoxy) is 1. The molecule has 6 nitrogen and oxygen atoms in total. The van der Waals surface area contributed by atoms with Crippen LogP contribution in [0, 0.1) is 0 Å². The molecule has 3 aromatic carbocycles. The molecule has 144 valence electrons. The van der Waals surface area contributed by atoms with Crippen LogP contribution in [0.25, 0.3) is 0 Å². The van der Waals surface area contributed by atoms with Gasteiger partial charge < -0.3 is 9.84 Å². The number of sulfonamides is 1. The van der Waals surface area contributed by atoms with Gasteiger partial charge in [-0.1, -0.05) is 23.2 Å². The Kier molecular flexibility index (Phi) is 5.79. The summed E-state index contributed by atoms with van der Waals surface area (Å²) in [7, 11) is -3.99. The minimum Gasteiger partial charge on any atom is -0.478 e. The van der Waals surface area contributed by atoms with Gasteiger partial charge in [0.15, 0.2) is 0 Å². The summed E-state index contributed by atoms with van der Waals surface area (Å²) in [5.41, 5.74) is -0.00784. The number of carboxylic acids is 1. The fourth-order valence-electron chi connectivity index (χ4n) is 2.28. The van der Waals surface area contributed by atoms with E-state index in [2.05, 4.69) is 4.72 Å². The van der Waals surface area contributed by atoms with E-state index >= 15 is 0 Å². The summed E-state index contributed by atoms with van der Waals surface area (Å²) in [5, 5.41) is 9.63. The van der Waals surface area contributed by atoms with E-state index in [-0.39, 0.29) is 21.2 Å². The van der Waals surface area contributed by atoms with Gasteiger partial charge in [0, 0.05) is 10.7 Å². The Balaban J connectivity index is 1.76. The topological polar surface area (TPSA) is 92.7 Å². The first-order valence-electron chi connectivity index (χ1n) is 7.84. The summed E-state index contributed by atoms with van der Waals surface area (Å²) in [6.07, 6.45) is 0. The highest BCUT2D eigenvalue weighted by molar-refractivity contribution is 7.92. The normalized spacial score (nSPS) is 11.1. The Morgan fingerprint density at radius 1 is 0.893 bits per heavy atom. The quantitative estimate of drug-likeness (QED) is 0.546. The second-order valence-electron chi connectivity index (χ2n) is 5.63. The number of benzene rings is 3. The number of hydrogen-bond acceptors (Lipinski definition) is 4. The largest absolute Gasteiger partial charge is 0.478 e. The molecular formula is C19H13Cl2NO5S. The highest BCUT2D eigenvalue weighted by Gasteiger charge is 2.18. The van der Waals surface area contributed by atoms with Gasteiger partial charge in [-0.2, -0.15) is 0 Å². The number of hydrogen-bond donors (Lipinski definition) is 2. The molecule has 0 aliphatic rings. The van der Waals surface area contributed by atoms with Crippen LogP contribution in [0.3, 0.4) is 0 Å². The monoisotopic (exact) mass is 437 g/mol. The maximum absolute atomic E-state index is 12.5. The molecule has 0 saturated heterocycles.